The molecule has 0 aliphatic carbocycles. The summed E-state index contributed by atoms with van der Waals surface area (Å²) in [6.07, 6.45) is 2.78. The second-order valence-corrected chi connectivity index (χ2v) is 4.71. The number of rotatable bonds is 4. The van der Waals surface area contributed by atoms with E-state index in [1.165, 1.54) is 12.1 Å². The molecule has 1 fully saturated rings. The van der Waals surface area contributed by atoms with E-state index < -0.39 is 0 Å². The van der Waals surface area contributed by atoms with E-state index in [4.69, 9.17) is 0 Å². The molecule has 0 spiro atoms. The summed E-state index contributed by atoms with van der Waals surface area (Å²) in [7, 11) is 0. The molecule has 98 valence electrons. The lowest BCUT2D eigenvalue weighted by Gasteiger charge is -2.21. The molecule has 1 atom stereocenters. The van der Waals surface area contributed by atoms with Crippen LogP contribution in [0, 0.1) is 11.7 Å². The number of carbonyl (C=O) groups is 1. The van der Waals surface area contributed by atoms with Gasteiger partial charge in [0.05, 0.1) is 5.92 Å². The smallest absolute Gasteiger partial charge is 0.224 e. The molecule has 0 aromatic heterocycles. The van der Waals surface area contributed by atoms with Gasteiger partial charge in [0, 0.05) is 13.1 Å². The van der Waals surface area contributed by atoms with Crippen LogP contribution in [0.15, 0.2) is 24.3 Å². The molecule has 0 radical (unpaired) electrons. The van der Waals surface area contributed by atoms with Gasteiger partial charge in [0.25, 0.3) is 0 Å². The minimum absolute atomic E-state index is 0.104. The molecule has 18 heavy (non-hydrogen) atoms. The van der Waals surface area contributed by atoms with Gasteiger partial charge in [0.1, 0.15) is 5.82 Å². The minimum atomic E-state index is -0.226. The third-order valence-electron chi connectivity index (χ3n) is 3.29. The van der Waals surface area contributed by atoms with Crippen molar-refractivity contribution >= 4 is 5.91 Å². The van der Waals surface area contributed by atoms with E-state index in [2.05, 4.69) is 10.6 Å². The molecule has 1 aromatic carbocycles. The van der Waals surface area contributed by atoms with Crippen molar-refractivity contribution < 1.29 is 9.18 Å². The molecular formula is C14H19FN2O. The highest BCUT2D eigenvalue weighted by Crippen LogP contribution is 2.09. The molecule has 1 unspecified atom stereocenters. The van der Waals surface area contributed by atoms with Gasteiger partial charge in [-0.05, 0) is 43.5 Å². The zero-order valence-electron chi connectivity index (χ0n) is 10.4. The summed E-state index contributed by atoms with van der Waals surface area (Å²) in [5.41, 5.74) is 1.04. The van der Waals surface area contributed by atoms with Crippen LogP contribution in [0.25, 0.3) is 0 Å². The first-order valence-corrected chi connectivity index (χ1v) is 6.48. The fraction of sp³-hybridized carbons (Fsp3) is 0.500. The Hall–Kier alpha value is -1.42. The number of halogens is 1. The molecule has 4 heteroatoms. The molecular weight excluding hydrogens is 231 g/mol. The first kappa shape index (κ1) is 13.0. The number of benzene rings is 1. The van der Waals surface area contributed by atoms with E-state index in [0.29, 0.717) is 6.54 Å². The van der Waals surface area contributed by atoms with E-state index in [9.17, 15) is 9.18 Å². The van der Waals surface area contributed by atoms with Crippen molar-refractivity contribution in [2.75, 3.05) is 19.6 Å². The number of carbonyl (C=O) groups excluding carboxylic acids is 1. The lowest BCUT2D eigenvalue weighted by molar-refractivity contribution is -0.125. The zero-order chi connectivity index (χ0) is 12.8. The Morgan fingerprint density at radius 3 is 2.83 bits per heavy atom. The van der Waals surface area contributed by atoms with E-state index in [1.807, 2.05) is 0 Å². The van der Waals surface area contributed by atoms with Crippen LogP contribution in [0.1, 0.15) is 18.4 Å². The van der Waals surface area contributed by atoms with Gasteiger partial charge in [-0.15, -0.1) is 0 Å². The maximum atomic E-state index is 12.7. The molecule has 2 N–H and O–H groups in total. The number of hydrogen-bond acceptors (Lipinski definition) is 2. The Labute approximate surface area is 107 Å². The van der Waals surface area contributed by atoms with Crippen molar-refractivity contribution in [3.05, 3.63) is 35.6 Å². The van der Waals surface area contributed by atoms with Crippen LogP contribution in [0.4, 0.5) is 4.39 Å². The van der Waals surface area contributed by atoms with Crippen LogP contribution < -0.4 is 10.6 Å². The maximum absolute atomic E-state index is 12.7. The molecule has 1 heterocycles. The van der Waals surface area contributed by atoms with Gasteiger partial charge in [0.15, 0.2) is 0 Å². The summed E-state index contributed by atoms with van der Waals surface area (Å²) in [5, 5.41) is 6.17. The summed E-state index contributed by atoms with van der Waals surface area (Å²) >= 11 is 0. The molecule has 2 rings (SSSR count). The Morgan fingerprint density at radius 2 is 2.17 bits per heavy atom. The molecule has 1 aliphatic heterocycles. The zero-order valence-corrected chi connectivity index (χ0v) is 10.4. The summed E-state index contributed by atoms with van der Waals surface area (Å²) in [5.74, 6) is 0.00680. The first-order chi connectivity index (χ1) is 8.75. The molecule has 1 aliphatic rings. The third kappa shape index (κ3) is 3.81. The number of nitrogens with one attached hydrogen (secondary N) is 2. The van der Waals surface area contributed by atoms with Crippen LogP contribution in [0.2, 0.25) is 0 Å². The van der Waals surface area contributed by atoms with Crippen molar-refractivity contribution in [3.8, 4) is 0 Å². The lowest BCUT2D eigenvalue weighted by atomic mass is 9.99. The fourth-order valence-corrected chi connectivity index (χ4v) is 2.20. The van der Waals surface area contributed by atoms with Gasteiger partial charge in [-0.3, -0.25) is 4.79 Å². The number of piperidine rings is 1. The van der Waals surface area contributed by atoms with E-state index >= 15 is 0 Å². The first-order valence-electron chi connectivity index (χ1n) is 6.48. The summed E-state index contributed by atoms with van der Waals surface area (Å²) in [4.78, 5) is 11.8. The summed E-state index contributed by atoms with van der Waals surface area (Å²) in [6.45, 7) is 2.41. The van der Waals surface area contributed by atoms with Crippen molar-refractivity contribution in [1.29, 1.82) is 0 Å². The normalized spacial score (nSPS) is 19.5. The van der Waals surface area contributed by atoms with Crippen LogP contribution in [0.5, 0.6) is 0 Å². The van der Waals surface area contributed by atoms with Crippen LogP contribution >= 0.6 is 0 Å². The highest BCUT2D eigenvalue weighted by atomic mass is 19.1. The van der Waals surface area contributed by atoms with Crippen molar-refractivity contribution in [3.63, 3.8) is 0 Å². The molecule has 0 bridgehead atoms. The van der Waals surface area contributed by atoms with Crippen molar-refractivity contribution in [1.82, 2.24) is 10.6 Å². The summed E-state index contributed by atoms with van der Waals surface area (Å²) < 4.78 is 12.7. The fourth-order valence-electron chi connectivity index (χ4n) is 2.20. The van der Waals surface area contributed by atoms with Gasteiger partial charge in [-0.25, -0.2) is 4.39 Å². The minimum Gasteiger partial charge on any atom is -0.355 e. The second kappa shape index (κ2) is 6.50. The Bertz CT molecular complexity index is 385. The van der Waals surface area contributed by atoms with Crippen molar-refractivity contribution in [2.24, 2.45) is 5.92 Å². The van der Waals surface area contributed by atoms with E-state index in [0.717, 1.165) is 37.9 Å². The van der Waals surface area contributed by atoms with E-state index in [-0.39, 0.29) is 17.6 Å². The molecule has 1 saturated heterocycles. The lowest BCUT2D eigenvalue weighted by Crippen LogP contribution is -2.41. The van der Waals surface area contributed by atoms with Gasteiger partial charge < -0.3 is 10.6 Å². The largest absolute Gasteiger partial charge is 0.355 e. The molecule has 1 amide bonds. The maximum Gasteiger partial charge on any atom is 0.224 e. The van der Waals surface area contributed by atoms with Gasteiger partial charge in [0.2, 0.25) is 5.91 Å². The second-order valence-electron chi connectivity index (χ2n) is 4.71. The average molecular weight is 250 g/mol. The van der Waals surface area contributed by atoms with Crippen LogP contribution in [-0.4, -0.2) is 25.5 Å². The predicted molar refractivity (Wildman–Crippen MR) is 68.7 cm³/mol. The Kier molecular flexibility index (Phi) is 4.70. The predicted octanol–water partition coefficient (Wildman–Crippen LogP) is 1.48. The van der Waals surface area contributed by atoms with E-state index in [1.54, 1.807) is 12.1 Å². The SMILES string of the molecule is O=C(NCCc1ccc(F)cc1)C1CCCNC1. The Balaban J connectivity index is 1.71. The molecule has 3 nitrogen and oxygen atoms in total. The quantitative estimate of drug-likeness (QED) is 0.850. The third-order valence-corrected chi connectivity index (χ3v) is 3.29. The molecule has 1 aromatic rings. The van der Waals surface area contributed by atoms with Gasteiger partial charge in [-0.1, -0.05) is 12.1 Å². The monoisotopic (exact) mass is 250 g/mol. The van der Waals surface area contributed by atoms with Crippen LogP contribution in [0.3, 0.4) is 0 Å². The standard InChI is InChI=1S/C14H19FN2O/c15-13-5-3-11(4-6-13)7-9-17-14(18)12-2-1-8-16-10-12/h3-6,12,16H,1-2,7-10H2,(H,17,18). The topological polar surface area (TPSA) is 41.1 Å². The van der Waals surface area contributed by atoms with Gasteiger partial charge in [-0.2, -0.15) is 0 Å². The Morgan fingerprint density at radius 1 is 1.39 bits per heavy atom. The van der Waals surface area contributed by atoms with Crippen molar-refractivity contribution in [2.45, 2.75) is 19.3 Å². The average Bonchev–Trinajstić information content (AvgIpc) is 2.42. The molecule has 0 saturated carbocycles. The van der Waals surface area contributed by atoms with Crippen LogP contribution in [-0.2, 0) is 11.2 Å². The highest BCUT2D eigenvalue weighted by molar-refractivity contribution is 5.78. The highest BCUT2D eigenvalue weighted by Gasteiger charge is 2.19. The summed E-state index contributed by atoms with van der Waals surface area (Å²) in [6, 6.07) is 6.40. The van der Waals surface area contributed by atoms with Gasteiger partial charge >= 0.3 is 0 Å². The number of amides is 1. The number of hydrogen-bond donors (Lipinski definition) is 2.